The second-order valence-corrected chi connectivity index (χ2v) is 13.5. The molecule has 1 aliphatic carbocycles. The average Bonchev–Trinajstić information content (AvgIpc) is 3.78. The molecule has 1 aliphatic rings. The second kappa shape index (κ2) is 11.7. The van der Waals surface area contributed by atoms with Crippen LogP contribution in [0.5, 0.6) is 0 Å². The Kier molecular flexibility index (Phi) is 6.52. The van der Waals surface area contributed by atoms with Gasteiger partial charge in [0, 0.05) is 27.5 Å². The molecule has 0 saturated heterocycles. The third-order valence-electron chi connectivity index (χ3n) is 10.5. The summed E-state index contributed by atoms with van der Waals surface area (Å²) >= 11 is 0. The first-order valence-corrected chi connectivity index (χ1v) is 17.9. The molecule has 0 fully saturated rings. The minimum atomic E-state index is 0.593. The summed E-state index contributed by atoms with van der Waals surface area (Å²) in [5.74, 6) is 1.81. The molecule has 2 heterocycles. The number of benzene rings is 8. The van der Waals surface area contributed by atoms with Crippen molar-refractivity contribution < 1.29 is 4.42 Å². The van der Waals surface area contributed by atoms with Crippen molar-refractivity contribution in [2.24, 2.45) is 0 Å². The van der Waals surface area contributed by atoms with E-state index in [0.717, 1.165) is 60.9 Å². The molecule has 0 amide bonds. The van der Waals surface area contributed by atoms with Gasteiger partial charge in [-0.15, -0.1) is 0 Å². The van der Waals surface area contributed by atoms with Crippen molar-refractivity contribution in [1.29, 1.82) is 0 Å². The number of nitrogens with zero attached hydrogens (tertiary/aromatic N) is 3. The smallest absolute Gasteiger partial charge is 0.164 e. The molecule has 0 spiro atoms. The van der Waals surface area contributed by atoms with Crippen LogP contribution in [-0.4, -0.2) is 15.0 Å². The van der Waals surface area contributed by atoms with Crippen LogP contribution in [0.15, 0.2) is 180 Å². The molecule has 0 saturated carbocycles. The van der Waals surface area contributed by atoms with E-state index in [1.54, 1.807) is 0 Å². The fourth-order valence-corrected chi connectivity index (χ4v) is 8.22. The Morgan fingerprint density at radius 2 is 0.792 bits per heavy atom. The van der Waals surface area contributed by atoms with Crippen molar-refractivity contribution in [1.82, 2.24) is 15.0 Å². The van der Waals surface area contributed by atoms with Crippen molar-refractivity contribution >= 4 is 32.7 Å². The largest absolute Gasteiger partial charge is 0.456 e. The van der Waals surface area contributed by atoms with E-state index in [-0.39, 0.29) is 0 Å². The van der Waals surface area contributed by atoms with Gasteiger partial charge in [0.05, 0.1) is 0 Å². The molecular formula is C49H29N3O. The molecule has 0 atom stereocenters. The summed E-state index contributed by atoms with van der Waals surface area (Å²) in [6.07, 6.45) is 0. The molecule has 11 rings (SSSR count). The minimum absolute atomic E-state index is 0.593. The number of fused-ring (bicyclic) bond motifs is 6. The van der Waals surface area contributed by atoms with Gasteiger partial charge in [0.25, 0.3) is 0 Å². The third-order valence-corrected chi connectivity index (χ3v) is 10.5. The Labute approximate surface area is 305 Å². The minimum Gasteiger partial charge on any atom is -0.456 e. The Balaban J connectivity index is 1.18. The topological polar surface area (TPSA) is 51.8 Å². The molecule has 0 bridgehead atoms. The van der Waals surface area contributed by atoms with Crippen molar-refractivity contribution in [3.05, 3.63) is 176 Å². The molecule has 4 nitrogen and oxygen atoms in total. The van der Waals surface area contributed by atoms with E-state index in [9.17, 15) is 0 Å². The van der Waals surface area contributed by atoms with Crippen LogP contribution < -0.4 is 0 Å². The number of hydrogen-bond donors (Lipinski definition) is 0. The van der Waals surface area contributed by atoms with E-state index in [4.69, 9.17) is 19.4 Å². The molecule has 8 aromatic carbocycles. The first kappa shape index (κ1) is 29.5. The highest BCUT2D eigenvalue weighted by molar-refractivity contribution is 6.18. The van der Waals surface area contributed by atoms with E-state index in [1.807, 2.05) is 36.4 Å². The lowest BCUT2D eigenvalue weighted by atomic mass is 9.90. The van der Waals surface area contributed by atoms with Crippen LogP contribution >= 0.6 is 0 Å². The summed E-state index contributed by atoms with van der Waals surface area (Å²) in [5.41, 5.74) is 13.8. The van der Waals surface area contributed by atoms with Crippen LogP contribution in [0, 0.1) is 0 Å². The zero-order chi connectivity index (χ0) is 34.9. The van der Waals surface area contributed by atoms with E-state index in [1.165, 1.54) is 33.0 Å². The molecule has 10 aromatic rings. The van der Waals surface area contributed by atoms with Crippen molar-refractivity contribution in [2.75, 3.05) is 0 Å². The number of hydrogen-bond acceptors (Lipinski definition) is 4. The first-order valence-electron chi connectivity index (χ1n) is 17.9. The Bertz CT molecular complexity index is 3060. The van der Waals surface area contributed by atoms with Gasteiger partial charge < -0.3 is 4.42 Å². The molecule has 0 aliphatic heterocycles. The summed E-state index contributed by atoms with van der Waals surface area (Å²) in [4.78, 5) is 15.9. The van der Waals surface area contributed by atoms with Crippen LogP contribution in [0.1, 0.15) is 0 Å². The lowest BCUT2D eigenvalue weighted by Gasteiger charge is -2.16. The van der Waals surface area contributed by atoms with E-state index >= 15 is 0 Å². The molecule has 2 aromatic heterocycles. The molecular weight excluding hydrogens is 647 g/mol. The Morgan fingerprint density at radius 3 is 1.57 bits per heavy atom. The standard InChI is InChI=1S/C49H29N3O/c1-2-14-30(15-3-1)32-18-4-6-20-37(32)47-50-48(52-49(51-47)41-27-13-29-43-46(41)39-22-8-9-28-42(39)53-43)38-21-7-5-19-33(38)34-24-12-25-36-35-23-10-16-31-17-11-26-40(44(31)35)45(34)36/h1-29H. The van der Waals surface area contributed by atoms with Crippen LogP contribution in [0.25, 0.3) is 111 Å². The zero-order valence-electron chi connectivity index (χ0n) is 28.5. The fourth-order valence-electron chi connectivity index (χ4n) is 8.22. The summed E-state index contributed by atoms with van der Waals surface area (Å²) in [7, 11) is 0. The summed E-state index contributed by atoms with van der Waals surface area (Å²) in [6.45, 7) is 0. The Hall–Kier alpha value is -7.17. The van der Waals surface area contributed by atoms with Gasteiger partial charge in [-0.25, -0.2) is 15.0 Å². The molecule has 0 radical (unpaired) electrons. The van der Waals surface area contributed by atoms with E-state index in [0.29, 0.717) is 17.5 Å². The summed E-state index contributed by atoms with van der Waals surface area (Å²) in [6, 6.07) is 61.4. The normalized spacial score (nSPS) is 11.8. The fraction of sp³-hybridized carbons (Fsp3) is 0. The van der Waals surface area contributed by atoms with Crippen LogP contribution in [0.3, 0.4) is 0 Å². The van der Waals surface area contributed by atoms with Gasteiger partial charge in [0.15, 0.2) is 17.5 Å². The van der Waals surface area contributed by atoms with Crippen molar-refractivity contribution in [3.8, 4) is 78.7 Å². The monoisotopic (exact) mass is 675 g/mol. The molecule has 0 N–H and O–H groups in total. The lowest BCUT2D eigenvalue weighted by Crippen LogP contribution is -2.02. The summed E-state index contributed by atoms with van der Waals surface area (Å²) < 4.78 is 6.32. The summed E-state index contributed by atoms with van der Waals surface area (Å²) in [5, 5.41) is 4.57. The van der Waals surface area contributed by atoms with Gasteiger partial charge in [-0.05, 0) is 67.4 Å². The van der Waals surface area contributed by atoms with Gasteiger partial charge in [-0.1, -0.05) is 164 Å². The molecule has 0 unspecified atom stereocenters. The Morgan fingerprint density at radius 1 is 0.302 bits per heavy atom. The highest BCUT2D eigenvalue weighted by Crippen LogP contribution is 2.52. The number of para-hydroxylation sites is 1. The quantitative estimate of drug-likeness (QED) is 0.182. The molecule has 53 heavy (non-hydrogen) atoms. The predicted octanol–water partition coefficient (Wildman–Crippen LogP) is 12.9. The third kappa shape index (κ3) is 4.59. The number of furan rings is 1. The zero-order valence-corrected chi connectivity index (χ0v) is 28.5. The van der Waals surface area contributed by atoms with Gasteiger partial charge in [0.1, 0.15) is 11.2 Å². The molecule has 4 heteroatoms. The van der Waals surface area contributed by atoms with Gasteiger partial charge in [-0.2, -0.15) is 0 Å². The maximum absolute atomic E-state index is 6.32. The maximum atomic E-state index is 6.32. The molecule has 246 valence electrons. The van der Waals surface area contributed by atoms with Crippen LogP contribution in [0.4, 0.5) is 0 Å². The first-order chi connectivity index (χ1) is 26.3. The SMILES string of the molecule is c1ccc(-c2ccccc2-c2nc(-c3ccccc3-c3cccc4c3-c3cccc5cccc-4c35)nc(-c3cccc4oc5ccccc5c34)n2)cc1. The van der Waals surface area contributed by atoms with Crippen LogP contribution in [0.2, 0.25) is 0 Å². The number of aromatic nitrogens is 3. The van der Waals surface area contributed by atoms with Crippen molar-refractivity contribution in [3.63, 3.8) is 0 Å². The van der Waals surface area contributed by atoms with Crippen molar-refractivity contribution in [2.45, 2.75) is 0 Å². The van der Waals surface area contributed by atoms with Gasteiger partial charge >= 0.3 is 0 Å². The van der Waals surface area contributed by atoms with Gasteiger partial charge in [0.2, 0.25) is 0 Å². The van der Waals surface area contributed by atoms with E-state index in [2.05, 4.69) is 140 Å². The van der Waals surface area contributed by atoms with Gasteiger partial charge in [-0.3, -0.25) is 0 Å². The predicted molar refractivity (Wildman–Crippen MR) is 216 cm³/mol. The van der Waals surface area contributed by atoms with E-state index < -0.39 is 0 Å². The lowest BCUT2D eigenvalue weighted by molar-refractivity contribution is 0.669. The highest BCUT2D eigenvalue weighted by Gasteiger charge is 2.26. The van der Waals surface area contributed by atoms with Crippen LogP contribution in [-0.2, 0) is 0 Å². The second-order valence-electron chi connectivity index (χ2n) is 13.5. The highest BCUT2D eigenvalue weighted by atomic mass is 16.3. The number of rotatable bonds is 5. The maximum Gasteiger partial charge on any atom is 0.164 e. The average molecular weight is 676 g/mol.